The van der Waals surface area contributed by atoms with Crippen molar-refractivity contribution < 1.29 is 0 Å². The number of hydrogen-bond acceptors (Lipinski definition) is 5. The number of nitrogens with zero attached hydrogens (tertiary/aromatic N) is 2. The highest BCUT2D eigenvalue weighted by Gasteiger charge is 2.05. The van der Waals surface area contributed by atoms with E-state index in [0.29, 0.717) is 6.04 Å². The van der Waals surface area contributed by atoms with E-state index in [9.17, 15) is 0 Å². The zero-order valence-electron chi connectivity index (χ0n) is 8.20. The van der Waals surface area contributed by atoms with E-state index in [2.05, 4.69) is 34.8 Å². The second kappa shape index (κ2) is 5.44. The molecule has 0 fully saturated rings. The lowest BCUT2D eigenvalue weighted by Gasteiger charge is -2.09. The molecule has 0 amide bonds. The number of thioether (sulfide) groups is 1. The third kappa shape index (κ3) is 3.52. The first-order valence-electron chi connectivity index (χ1n) is 4.34. The molecule has 0 saturated heterocycles. The summed E-state index contributed by atoms with van der Waals surface area (Å²) in [5.74, 6) is 2.03. The maximum absolute atomic E-state index is 4.34. The van der Waals surface area contributed by atoms with E-state index in [0.717, 1.165) is 23.1 Å². The molecule has 1 N–H and O–H groups in total. The summed E-state index contributed by atoms with van der Waals surface area (Å²) in [5, 5.41) is 4.26. The van der Waals surface area contributed by atoms with Crippen LogP contribution in [0.15, 0.2) is 0 Å². The fraction of sp³-hybridized carbons (Fsp3) is 0.750. The molecular weight excluding hydrogens is 202 g/mol. The van der Waals surface area contributed by atoms with Gasteiger partial charge in [0.05, 0.1) is 0 Å². The SMILES string of the molecule is CCc1nsc(NC(C)CSC)n1. The number of anilines is 1. The van der Waals surface area contributed by atoms with Crippen LogP contribution in [0.25, 0.3) is 0 Å². The molecule has 1 unspecified atom stereocenters. The van der Waals surface area contributed by atoms with Gasteiger partial charge in [-0.05, 0) is 13.2 Å². The topological polar surface area (TPSA) is 37.8 Å². The molecule has 0 spiro atoms. The van der Waals surface area contributed by atoms with Crippen molar-refractivity contribution in [3.63, 3.8) is 0 Å². The second-order valence-electron chi connectivity index (χ2n) is 2.87. The largest absolute Gasteiger partial charge is 0.357 e. The van der Waals surface area contributed by atoms with Gasteiger partial charge in [0, 0.05) is 29.7 Å². The molecule has 3 nitrogen and oxygen atoms in total. The summed E-state index contributed by atoms with van der Waals surface area (Å²) in [6.07, 6.45) is 3.02. The molecular formula is C8H15N3S2. The van der Waals surface area contributed by atoms with E-state index in [1.54, 1.807) is 0 Å². The molecule has 1 aromatic heterocycles. The molecule has 0 aromatic carbocycles. The molecule has 0 aliphatic heterocycles. The normalized spacial score (nSPS) is 12.8. The molecule has 74 valence electrons. The van der Waals surface area contributed by atoms with Gasteiger partial charge in [0.15, 0.2) is 0 Å². The van der Waals surface area contributed by atoms with Crippen molar-refractivity contribution in [3.05, 3.63) is 5.82 Å². The lowest BCUT2D eigenvalue weighted by atomic mass is 10.4. The molecule has 5 heteroatoms. The number of nitrogens with one attached hydrogen (secondary N) is 1. The minimum atomic E-state index is 0.465. The standard InChI is InChI=1S/C8H15N3S2/c1-4-7-10-8(13-11-7)9-6(2)5-12-3/h6H,4-5H2,1-3H3,(H,9,10,11). The summed E-state index contributed by atoms with van der Waals surface area (Å²) in [5.41, 5.74) is 0. The Morgan fingerprint density at radius 2 is 2.38 bits per heavy atom. The van der Waals surface area contributed by atoms with Crippen LogP contribution in [0.4, 0.5) is 5.13 Å². The zero-order chi connectivity index (χ0) is 9.68. The molecule has 1 heterocycles. The molecule has 0 radical (unpaired) electrons. The van der Waals surface area contributed by atoms with E-state index in [-0.39, 0.29) is 0 Å². The van der Waals surface area contributed by atoms with E-state index in [1.807, 2.05) is 11.8 Å². The van der Waals surface area contributed by atoms with Crippen molar-refractivity contribution in [1.29, 1.82) is 0 Å². The minimum Gasteiger partial charge on any atom is -0.357 e. The van der Waals surface area contributed by atoms with Crippen molar-refractivity contribution in [2.45, 2.75) is 26.3 Å². The van der Waals surface area contributed by atoms with Gasteiger partial charge in [-0.1, -0.05) is 6.92 Å². The molecule has 0 bridgehead atoms. The monoisotopic (exact) mass is 217 g/mol. The van der Waals surface area contributed by atoms with E-state index < -0.39 is 0 Å². The first-order chi connectivity index (χ1) is 6.26. The van der Waals surface area contributed by atoms with Crippen LogP contribution in [0.1, 0.15) is 19.7 Å². The molecule has 1 atom stereocenters. The van der Waals surface area contributed by atoms with Gasteiger partial charge in [0.1, 0.15) is 5.82 Å². The summed E-state index contributed by atoms with van der Waals surface area (Å²) in [7, 11) is 0. The Balaban J connectivity index is 2.44. The molecule has 0 aliphatic carbocycles. The van der Waals surface area contributed by atoms with Crippen molar-refractivity contribution >= 4 is 28.4 Å². The van der Waals surface area contributed by atoms with Gasteiger partial charge >= 0.3 is 0 Å². The highest BCUT2D eigenvalue weighted by molar-refractivity contribution is 7.98. The van der Waals surface area contributed by atoms with Crippen LogP contribution in [-0.2, 0) is 6.42 Å². The predicted molar refractivity (Wildman–Crippen MR) is 60.8 cm³/mol. The summed E-state index contributed by atoms with van der Waals surface area (Å²) < 4.78 is 4.21. The molecule has 0 aliphatic rings. The molecule has 0 saturated carbocycles. The average Bonchev–Trinajstić information content (AvgIpc) is 2.52. The van der Waals surface area contributed by atoms with Crippen molar-refractivity contribution in [1.82, 2.24) is 9.36 Å². The van der Waals surface area contributed by atoms with Crippen LogP contribution in [0, 0.1) is 0 Å². The second-order valence-corrected chi connectivity index (χ2v) is 4.53. The van der Waals surface area contributed by atoms with Gasteiger partial charge in [-0.15, -0.1) is 0 Å². The number of aromatic nitrogens is 2. The van der Waals surface area contributed by atoms with Gasteiger partial charge in [-0.25, -0.2) is 4.98 Å². The quantitative estimate of drug-likeness (QED) is 0.821. The summed E-state index contributed by atoms with van der Waals surface area (Å²) >= 11 is 3.28. The lowest BCUT2D eigenvalue weighted by molar-refractivity contribution is 0.903. The van der Waals surface area contributed by atoms with E-state index in [1.165, 1.54) is 11.5 Å². The maximum Gasteiger partial charge on any atom is 0.202 e. The summed E-state index contributed by atoms with van der Waals surface area (Å²) in [4.78, 5) is 4.34. The molecule has 1 aromatic rings. The maximum atomic E-state index is 4.34. The Morgan fingerprint density at radius 3 is 2.92 bits per heavy atom. The third-order valence-corrected chi connectivity index (χ3v) is 3.09. The Kier molecular flexibility index (Phi) is 4.52. The van der Waals surface area contributed by atoms with Crippen LogP contribution in [0.5, 0.6) is 0 Å². The van der Waals surface area contributed by atoms with Crippen LogP contribution >= 0.6 is 23.3 Å². The van der Waals surface area contributed by atoms with Gasteiger partial charge in [0.2, 0.25) is 5.13 Å². The number of aryl methyl sites for hydroxylation is 1. The fourth-order valence-electron chi connectivity index (χ4n) is 0.959. The van der Waals surface area contributed by atoms with Crippen molar-refractivity contribution in [2.75, 3.05) is 17.3 Å². The summed E-state index contributed by atoms with van der Waals surface area (Å²) in [6.45, 7) is 4.22. The minimum absolute atomic E-state index is 0.465. The Labute approximate surface area is 87.5 Å². The van der Waals surface area contributed by atoms with Crippen molar-refractivity contribution in [3.8, 4) is 0 Å². The first kappa shape index (κ1) is 10.8. The van der Waals surface area contributed by atoms with Crippen LogP contribution < -0.4 is 5.32 Å². The Bertz CT molecular complexity index is 249. The van der Waals surface area contributed by atoms with Gasteiger partial charge in [0.25, 0.3) is 0 Å². The van der Waals surface area contributed by atoms with Crippen molar-refractivity contribution in [2.24, 2.45) is 0 Å². The average molecular weight is 217 g/mol. The van der Waals surface area contributed by atoms with Crippen LogP contribution in [0.3, 0.4) is 0 Å². The smallest absolute Gasteiger partial charge is 0.202 e. The highest BCUT2D eigenvalue weighted by Crippen LogP contribution is 2.13. The van der Waals surface area contributed by atoms with Gasteiger partial charge in [-0.3, -0.25) is 0 Å². The predicted octanol–water partition coefficient (Wildman–Crippen LogP) is 2.26. The highest BCUT2D eigenvalue weighted by atomic mass is 32.2. The van der Waals surface area contributed by atoms with Crippen LogP contribution in [-0.4, -0.2) is 27.4 Å². The summed E-state index contributed by atoms with van der Waals surface area (Å²) in [6, 6.07) is 0.465. The first-order valence-corrected chi connectivity index (χ1v) is 6.51. The molecule has 1 rings (SSSR count). The van der Waals surface area contributed by atoms with E-state index in [4.69, 9.17) is 0 Å². The Morgan fingerprint density at radius 1 is 1.62 bits per heavy atom. The molecule has 13 heavy (non-hydrogen) atoms. The lowest BCUT2D eigenvalue weighted by Crippen LogP contribution is -2.17. The van der Waals surface area contributed by atoms with Gasteiger partial charge in [-0.2, -0.15) is 16.1 Å². The van der Waals surface area contributed by atoms with Gasteiger partial charge < -0.3 is 5.32 Å². The number of rotatable bonds is 5. The van der Waals surface area contributed by atoms with E-state index >= 15 is 0 Å². The number of hydrogen-bond donors (Lipinski definition) is 1. The zero-order valence-corrected chi connectivity index (χ0v) is 9.84. The van der Waals surface area contributed by atoms with Crippen LogP contribution in [0.2, 0.25) is 0 Å². The Hall–Kier alpha value is -0.290. The fourth-order valence-corrected chi connectivity index (χ4v) is 2.30. The third-order valence-electron chi connectivity index (χ3n) is 1.57.